The molecule has 36 heavy (non-hydrogen) atoms. The first-order chi connectivity index (χ1) is 17.3. The van der Waals surface area contributed by atoms with Crippen molar-refractivity contribution in [2.45, 2.75) is 24.9 Å². The van der Waals surface area contributed by atoms with Crippen molar-refractivity contribution in [3.63, 3.8) is 0 Å². The topological polar surface area (TPSA) is 181 Å². The molecule has 5 rings (SSSR count). The van der Waals surface area contributed by atoms with Crippen LogP contribution in [-0.4, -0.2) is 76.8 Å². The summed E-state index contributed by atoms with van der Waals surface area (Å²) in [5.74, 6) is -2.19. The molecule has 0 aliphatic carbocycles. The summed E-state index contributed by atoms with van der Waals surface area (Å²) in [7, 11) is 1.25. The van der Waals surface area contributed by atoms with Gasteiger partial charge in [-0.05, 0) is 13.0 Å². The average molecular weight is 531 g/mol. The number of nitrogens with two attached hydrogens (primary N) is 1. The molecule has 0 unspecified atom stereocenters. The Hall–Kier alpha value is -4.05. The first kappa shape index (κ1) is 23.7. The first-order valence-corrected chi connectivity index (χ1v) is 12.4. The number of carboxylic acids is 1. The summed E-state index contributed by atoms with van der Waals surface area (Å²) in [6, 6.07) is 4.74. The second-order valence-corrected chi connectivity index (χ2v) is 9.78. The standard InChI is InChI=1S/C20H19N9O5S2/c1-9-4-3-5-11-27(8-22-29(9)11)6-10-7-35-18-13(17(31)28(18)14(10)19(32)33)23-16(30)12(25-34-2)15-24-20(21)36-26-15/h3-5,8,13,18H,6-7H2,1-2H3,(H3-,21,23,24,26,30,32,33)/p+1/t13-,18+/m1/s1. The van der Waals surface area contributed by atoms with Gasteiger partial charge >= 0.3 is 5.97 Å². The number of hydrogen-bond acceptors (Lipinski definition) is 11. The van der Waals surface area contributed by atoms with Gasteiger partial charge in [-0.3, -0.25) is 14.5 Å². The SMILES string of the molecule is CON=C(C(=O)N[C@@H]1C(=O)N2C(C(=O)O)=C(C[n+]3cnn4c(C)cccc43)CS[C@@H]12)c1nsc(N)n1. The van der Waals surface area contributed by atoms with Crippen LogP contribution in [0.15, 0.2) is 41.0 Å². The number of oxime groups is 1. The number of β-lactam (4-membered cyclic amide) rings is 1. The third kappa shape index (κ3) is 3.93. The van der Waals surface area contributed by atoms with Gasteiger partial charge in [0, 0.05) is 34.0 Å². The molecule has 0 bridgehead atoms. The molecule has 186 valence electrons. The number of carbonyl (C=O) groups is 3. The van der Waals surface area contributed by atoms with Crippen LogP contribution in [0.3, 0.4) is 0 Å². The van der Waals surface area contributed by atoms with Gasteiger partial charge in [0.15, 0.2) is 5.13 Å². The number of nitrogens with one attached hydrogen (secondary N) is 1. The van der Waals surface area contributed by atoms with E-state index in [1.807, 2.05) is 29.7 Å². The number of fused-ring (bicyclic) bond motifs is 2. The molecule has 14 nitrogen and oxygen atoms in total. The third-order valence-corrected chi connectivity index (χ3v) is 7.57. The van der Waals surface area contributed by atoms with Gasteiger partial charge < -0.3 is 21.0 Å². The van der Waals surface area contributed by atoms with Crippen molar-refractivity contribution in [3.8, 4) is 0 Å². The lowest BCUT2D eigenvalue weighted by atomic mass is 10.0. The predicted octanol–water partition coefficient (Wildman–Crippen LogP) is -0.847. The molecule has 1 saturated heterocycles. The molecule has 3 aromatic heterocycles. The average Bonchev–Trinajstić information content (AvgIpc) is 3.47. The minimum Gasteiger partial charge on any atom is -0.477 e. The Morgan fingerprint density at radius 3 is 2.92 bits per heavy atom. The largest absolute Gasteiger partial charge is 0.477 e. The smallest absolute Gasteiger partial charge is 0.352 e. The van der Waals surface area contributed by atoms with Gasteiger partial charge in [0.2, 0.25) is 11.5 Å². The molecular formula is C20H20N9O5S2+. The van der Waals surface area contributed by atoms with Crippen molar-refractivity contribution < 1.29 is 28.9 Å². The van der Waals surface area contributed by atoms with Crippen molar-refractivity contribution in [3.05, 3.63) is 47.3 Å². The molecule has 0 saturated carbocycles. The summed E-state index contributed by atoms with van der Waals surface area (Å²) in [6.07, 6.45) is 1.63. The van der Waals surface area contributed by atoms with Gasteiger partial charge in [-0.15, -0.1) is 11.8 Å². The monoisotopic (exact) mass is 530 g/mol. The van der Waals surface area contributed by atoms with E-state index in [-0.39, 0.29) is 28.9 Å². The van der Waals surface area contributed by atoms with Crippen LogP contribution in [0.1, 0.15) is 11.5 Å². The molecule has 0 spiro atoms. The minimum atomic E-state index is -1.22. The Kier molecular flexibility index (Phi) is 6.05. The van der Waals surface area contributed by atoms with Gasteiger partial charge in [-0.25, -0.2) is 9.36 Å². The number of aromatic nitrogens is 5. The molecule has 5 heterocycles. The zero-order valence-corrected chi connectivity index (χ0v) is 20.6. The number of carboxylic acid groups (broad SMARTS) is 1. The molecule has 2 amide bonds. The van der Waals surface area contributed by atoms with E-state index >= 15 is 0 Å². The number of aliphatic carboxylic acids is 1. The molecule has 1 fully saturated rings. The van der Waals surface area contributed by atoms with Crippen molar-refractivity contribution in [1.82, 2.24) is 29.2 Å². The molecule has 2 aliphatic rings. The second-order valence-electron chi connectivity index (χ2n) is 7.89. The van der Waals surface area contributed by atoms with E-state index in [1.165, 1.54) is 23.8 Å². The number of nitrogens with zero attached hydrogens (tertiary/aromatic N) is 7. The van der Waals surface area contributed by atoms with E-state index < -0.39 is 29.2 Å². The van der Waals surface area contributed by atoms with Crippen molar-refractivity contribution in [1.29, 1.82) is 0 Å². The van der Waals surface area contributed by atoms with Crippen LogP contribution in [-0.2, 0) is 25.8 Å². The molecule has 3 aromatic rings. The highest BCUT2D eigenvalue weighted by Crippen LogP contribution is 2.40. The van der Waals surface area contributed by atoms with Gasteiger partial charge in [0.25, 0.3) is 23.8 Å². The maximum absolute atomic E-state index is 13.0. The molecule has 2 atom stereocenters. The molecule has 2 aliphatic heterocycles. The number of hydrogen-bond donors (Lipinski definition) is 3. The van der Waals surface area contributed by atoms with Crippen LogP contribution in [0.25, 0.3) is 5.65 Å². The maximum Gasteiger partial charge on any atom is 0.352 e. The fraction of sp³-hybridized carbons (Fsp3) is 0.300. The number of aryl methyl sites for hydroxylation is 1. The number of anilines is 1. The van der Waals surface area contributed by atoms with Gasteiger partial charge in [-0.1, -0.05) is 15.7 Å². The van der Waals surface area contributed by atoms with Gasteiger partial charge in [0.05, 0.1) is 6.54 Å². The summed E-state index contributed by atoms with van der Waals surface area (Å²) in [5, 5.41) is 20.1. The van der Waals surface area contributed by atoms with Crippen LogP contribution in [0, 0.1) is 6.92 Å². The zero-order chi connectivity index (χ0) is 25.6. The summed E-state index contributed by atoms with van der Waals surface area (Å²) in [5.41, 5.74) is 7.54. The van der Waals surface area contributed by atoms with Crippen LogP contribution in [0.5, 0.6) is 0 Å². The summed E-state index contributed by atoms with van der Waals surface area (Å²) in [6.45, 7) is 2.17. The third-order valence-electron chi connectivity index (χ3n) is 5.68. The Morgan fingerprint density at radius 1 is 1.42 bits per heavy atom. The van der Waals surface area contributed by atoms with Gasteiger partial charge in [0.1, 0.15) is 29.9 Å². The van der Waals surface area contributed by atoms with Crippen LogP contribution in [0.4, 0.5) is 5.13 Å². The maximum atomic E-state index is 13.0. The summed E-state index contributed by atoms with van der Waals surface area (Å²) >= 11 is 2.24. The zero-order valence-electron chi connectivity index (χ0n) is 19.0. The quantitative estimate of drug-likeness (QED) is 0.151. The Morgan fingerprint density at radius 2 is 2.22 bits per heavy atom. The van der Waals surface area contributed by atoms with E-state index in [9.17, 15) is 19.5 Å². The van der Waals surface area contributed by atoms with Gasteiger partial charge in [-0.2, -0.15) is 9.36 Å². The van der Waals surface area contributed by atoms with E-state index in [0.717, 1.165) is 22.9 Å². The fourth-order valence-corrected chi connectivity index (χ4v) is 5.85. The first-order valence-electron chi connectivity index (χ1n) is 10.5. The van der Waals surface area contributed by atoms with Crippen molar-refractivity contribution in [2.75, 3.05) is 18.6 Å². The number of nitrogen functional groups attached to an aromatic ring is 1. The number of thioether (sulfide) groups is 1. The summed E-state index contributed by atoms with van der Waals surface area (Å²) in [4.78, 5) is 48.0. The highest BCUT2D eigenvalue weighted by atomic mass is 32.2. The molecule has 0 radical (unpaired) electrons. The highest BCUT2D eigenvalue weighted by Gasteiger charge is 2.54. The Labute approximate surface area is 211 Å². The van der Waals surface area contributed by atoms with E-state index in [4.69, 9.17) is 10.6 Å². The van der Waals surface area contributed by atoms with E-state index in [2.05, 4.69) is 24.9 Å². The van der Waals surface area contributed by atoms with Crippen LogP contribution in [0.2, 0.25) is 0 Å². The molecule has 16 heteroatoms. The van der Waals surface area contributed by atoms with E-state index in [1.54, 1.807) is 10.8 Å². The van der Waals surface area contributed by atoms with Crippen molar-refractivity contribution >= 4 is 57.6 Å². The Balaban J connectivity index is 1.38. The lowest BCUT2D eigenvalue weighted by molar-refractivity contribution is -0.664. The number of amides is 2. The molecular weight excluding hydrogens is 510 g/mol. The van der Waals surface area contributed by atoms with Crippen LogP contribution < -0.4 is 15.6 Å². The van der Waals surface area contributed by atoms with E-state index in [0.29, 0.717) is 11.3 Å². The normalized spacial score (nSPS) is 19.8. The number of pyridine rings is 1. The predicted molar refractivity (Wildman–Crippen MR) is 128 cm³/mol. The lowest BCUT2D eigenvalue weighted by Gasteiger charge is -2.49. The summed E-state index contributed by atoms with van der Waals surface area (Å²) < 4.78 is 7.54. The number of carbonyl (C=O) groups excluding carboxylic acids is 2. The fourth-order valence-electron chi connectivity index (χ4n) is 4.08. The highest BCUT2D eigenvalue weighted by molar-refractivity contribution is 8.00. The lowest BCUT2D eigenvalue weighted by Crippen LogP contribution is -2.71. The molecule has 0 aromatic carbocycles. The number of rotatable bonds is 7. The van der Waals surface area contributed by atoms with Crippen molar-refractivity contribution in [2.24, 2.45) is 5.16 Å². The Bertz CT molecular complexity index is 1460. The second kappa shape index (κ2) is 9.19. The minimum absolute atomic E-state index is 0.0363. The van der Waals surface area contributed by atoms with Crippen LogP contribution >= 0.6 is 23.3 Å². The molecule has 4 N–H and O–H groups in total.